The van der Waals surface area contributed by atoms with Crippen molar-refractivity contribution in [3.63, 3.8) is 0 Å². The zero-order valence-electron chi connectivity index (χ0n) is 9.41. The lowest BCUT2D eigenvalue weighted by Gasteiger charge is -2.04. The lowest BCUT2D eigenvalue weighted by molar-refractivity contribution is -0.385. The van der Waals surface area contributed by atoms with Gasteiger partial charge >= 0.3 is 0 Å². The molecule has 1 heterocycles. The van der Waals surface area contributed by atoms with Crippen LogP contribution < -0.4 is 0 Å². The van der Waals surface area contributed by atoms with Crippen LogP contribution in [0.3, 0.4) is 0 Å². The average molecular weight is 279 g/mol. The number of nitro groups is 1. The molecule has 0 aliphatic heterocycles. The first-order chi connectivity index (χ1) is 9.00. The monoisotopic (exact) mass is 278 g/mol. The van der Waals surface area contributed by atoms with Gasteiger partial charge in [-0.2, -0.15) is 0 Å². The summed E-state index contributed by atoms with van der Waals surface area (Å²) in [4.78, 5) is 26.0. The summed E-state index contributed by atoms with van der Waals surface area (Å²) >= 11 is 5.64. The lowest BCUT2D eigenvalue weighted by atomic mass is 10.1. The molecule has 0 aliphatic rings. The largest absolute Gasteiger partial charge is 0.507 e. The fraction of sp³-hybridized carbons (Fsp3) is 0. The van der Waals surface area contributed by atoms with Gasteiger partial charge in [-0.05, 0) is 18.2 Å². The minimum atomic E-state index is -0.757. The highest BCUT2D eigenvalue weighted by molar-refractivity contribution is 6.29. The number of benzene rings is 1. The van der Waals surface area contributed by atoms with Crippen LogP contribution in [0.5, 0.6) is 5.75 Å². The van der Waals surface area contributed by atoms with Gasteiger partial charge in [0.1, 0.15) is 10.9 Å². The molecule has 1 N–H and O–H groups in total. The number of aromatic hydroxyl groups is 1. The summed E-state index contributed by atoms with van der Waals surface area (Å²) in [5.74, 6) is -1.03. The maximum atomic E-state index is 12.2. The summed E-state index contributed by atoms with van der Waals surface area (Å²) in [7, 11) is 0. The van der Waals surface area contributed by atoms with Crippen molar-refractivity contribution >= 4 is 23.1 Å². The predicted molar refractivity (Wildman–Crippen MR) is 67.4 cm³/mol. The van der Waals surface area contributed by atoms with E-state index >= 15 is 0 Å². The maximum absolute atomic E-state index is 12.2. The second kappa shape index (κ2) is 5.03. The number of phenolic OH excluding ortho intramolecular Hbond substituents is 1. The van der Waals surface area contributed by atoms with E-state index in [-0.39, 0.29) is 16.5 Å². The van der Waals surface area contributed by atoms with Crippen molar-refractivity contribution in [2.75, 3.05) is 0 Å². The summed E-state index contributed by atoms with van der Waals surface area (Å²) < 4.78 is 0. The van der Waals surface area contributed by atoms with Crippen LogP contribution in [-0.2, 0) is 0 Å². The molecule has 0 unspecified atom stereocenters. The van der Waals surface area contributed by atoms with Gasteiger partial charge in [0, 0.05) is 6.07 Å². The molecule has 96 valence electrons. The highest BCUT2D eigenvalue weighted by Gasteiger charge is 2.25. The molecule has 0 fully saturated rings. The van der Waals surface area contributed by atoms with Crippen LogP contribution in [0.2, 0.25) is 5.15 Å². The van der Waals surface area contributed by atoms with Gasteiger partial charge in [0.2, 0.25) is 5.78 Å². The number of ketones is 1. The van der Waals surface area contributed by atoms with Crippen LogP contribution in [0.25, 0.3) is 0 Å². The number of pyridine rings is 1. The standard InChI is InChI=1S/C12H7ClN2O4/c13-10-6-5-8(15(18)19)11(14-10)12(17)7-3-1-2-4-9(7)16/h1-6,16H. The zero-order chi connectivity index (χ0) is 14.0. The molecule has 0 saturated carbocycles. The molecule has 0 aliphatic carbocycles. The summed E-state index contributed by atoms with van der Waals surface area (Å²) in [6, 6.07) is 8.05. The van der Waals surface area contributed by atoms with Crippen molar-refractivity contribution in [1.82, 2.24) is 4.98 Å². The van der Waals surface area contributed by atoms with Gasteiger partial charge in [0.25, 0.3) is 5.69 Å². The number of nitrogens with zero attached hydrogens (tertiary/aromatic N) is 2. The van der Waals surface area contributed by atoms with Crippen LogP contribution in [0.4, 0.5) is 5.69 Å². The molecule has 0 radical (unpaired) electrons. The van der Waals surface area contributed by atoms with Crippen molar-refractivity contribution in [3.05, 3.63) is 62.9 Å². The van der Waals surface area contributed by atoms with Crippen LogP contribution in [0.1, 0.15) is 16.1 Å². The number of para-hydroxylation sites is 1. The number of rotatable bonds is 3. The number of hydrogen-bond donors (Lipinski definition) is 1. The molecule has 2 rings (SSSR count). The molecule has 6 nitrogen and oxygen atoms in total. The number of carbonyl (C=O) groups is 1. The molecule has 1 aromatic carbocycles. The second-order valence-corrected chi connectivity index (χ2v) is 3.99. The topological polar surface area (TPSA) is 93.3 Å². The first-order valence-electron chi connectivity index (χ1n) is 5.14. The Balaban J connectivity index is 2.59. The van der Waals surface area contributed by atoms with E-state index in [2.05, 4.69) is 4.98 Å². The van der Waals surface area contributed by atoms with E-state index in [1.807, 2.05) is 0 Å². The van der Waals surface area contributed by atoms with E-state index in [0.29, 0.717) is 0 Å². The van der Waals surface area contributed by atoms with Crippen molar-refractivity contribution in [3.8, 4) is 5.75 Å². The third-order valence-electron chi connectivity index (χ3n) is 2.40. The molecule has 0 atom stereocenters. The minimum absolute atomic E-state index is 0.0376. The van der Waals surface area contributed by atoms with E-state index in [4.69, 9.17) is 11.6 Å². The number of halogens is 1. The molecule has 2 aromatic rings. The van der Waals surface area contributed by atoms with Gasteiger partial charge in [-0.1, -0.05) is 23.7 Å². The van der Waals surface area contributed by atoms with E-state index in [1.54, 1.807) is 0 Å². The van der Waals surface area contributed by atoms with Crippen LogP contribution in [0, 0.1) is 10.1 Å². The predicted octanol–water partition coefficient (Wildman–Crippen LogP) is 2.58. The van der Waals surface area contributed by atoms with Gasteiger partial charge in [0.15, 0.2) is 5.69 Å². The molecule has 1 aromatic heterocycles. The maximum Gasteiger partial charge on any atom is 0.299 e. The van der Waals surface area contributed by atoms with E-state index < -0.39 is 22.1 Å². The summed E-state index contributed by atoms with van der Waals surface area (Å²) in [6.07, 6.45) is 0. The number of phenols is 1. The zero-order valence-corrected chi connectivity index (χ0v) is 10.2. The van der Waals surface area contributed by atoms with Crippen molar-refractivity contribution in [2.45, 2.75) is 0 Å². The fourth-order valence-electron chi connectivity index (χ4n) is 1.54. The quantitative estimate of drug-likeness (QED) is 0.403. The van der Waals surface area contributed by atoms with E-state index in [1.165, 1.54) is 30.3 Å². The van der Waals surface area contributed by atoms with Gasteiger partial charge < -0.3 is 5.11 Å². The first-order valence-corrected chi connectivity index (χ1v) is 5.52. The van der Waals surface area contributed by atoms with Gasteiger partial charge in [-0.15, -0.1) is 0 Å². The summed E-state index contributed by atoms with van der Waals surface area (Å²) in [6.45, 7) is 0. The van der Waals surface area contributed by atoms with E-state index in [0.717, 1.165) is 6.07 Å². The molecular formula is C12H7ClN2O4. The Kier molecular flexibility index (Phi) is 3.43. The Morgan fingerprint density at radius 1 is 1.26 bits per heavy atom. The third-order valence-corrected chi connectivity index (χ3v) is 2.61. The highest BCUT2D eigenvalue weighted by Crippen LogP contribution is 2.25. The molecule has 0 spiro atoms. The molecule has 19 heavy (non-hydrogen) atoms. The Morgan fingerprint density at radius 2 is 1.95 bits per heavy atom. The van der Waals surface area contributed by atoms with E-state index in [9.17, 15) is 20.0 Å². The van der Waals surface area contributed by atoms with Crippen LogP contribution in [-0.4, -0.2) is 20.8 Å². The Hall–Kier alpha value is -2.47. The fourth-order valence-corrected chi connectivity index (χ4v) is 1.68. The minimum Gasteiger partial charge on any atom is -0.507 e. The summed E-state index contributed by atoms with van der Waals surface area (Å²) in [5.41, 5.74) is -0.933. The Labute approximate surface area is 112 Å². The first kappa shape index (κ1) is 13.0. The highest BCUT2D eigenvalue weighted by atomic mass is 35.5. The smallest absolute Gasteiger partial charge is 0.299 e. The van der Waals surface area contributed by atoms with Gasteiger partial charge in [-0.3, -0.25) is 14.9 Å². The molecule has 0 bridgehead atoms. The molecule has 0 amide bonds. The third kappa shape index (κ3) is 2.53. The number of carbonyl (C=O) groups excluding carboxylic acids is 1. The molecular weight excluding hydrogens is 272 g/mol. The van der Waals surface area contributed by atoms with Crippen molar-refractivity contribution in [1.29, 1.82) is 0 Å². The Morgan fingerprint density at radius 3 is 2.58 bits per heavy atom. The van der Waals surface area contributed by atoms with Crippen molar-refractivity contribution < 1.29 is 14.8 Å². The lowest BCUT2D eigenvalue weighted by Crippen LogP contribution is -2.08. The van der Waals surface area contributed by atoms with Crippen LogP contribution >= 0.6 is 11.6 Å². The Bertz CT molecular complexity index is 673. The molecule has 0 saturated heterocycles. The average Bonchev–Trinajstić information content (AvgIpc) is 2.38. The SMILES string of the molecule is O=C(c1ccccc1O)c1nc(Cl)ccc1[N+](=O)[O-]. The normalized spacial score (nSPS) is 10.2. The number of aromatic nitrogens is 1. The van der Waals surface area contributed by atoms with Gasteiger partial charge in [0.05, 0.1) is 10.5 Å². The molecule has 7 heteroatoms. The van der Waals surface area contributed by atoms with Gasteiger partial charge in [-0.25, -0.2) is 4.98 Å². The van der Waals surface area contributed by atoms with Crippen molar-refractivity contribution in [2.24, 2.45) is 0 Å². The summed E-state index contributed by atoms with van der Waals surface area (Å²) in [5, 5.41) is 20.4. The van der Waals surface area contributed by atoms with Crippen LogP contribution in [0.15, 0.2) is 36.4 Å². The number of hydrogen-bond acceptors (Lipinski definition) is 5. The second-order valence-electron chi connectivity index (χ2n) is 3.61.